The van der Waals surface area contributed by atoms with E-state index in [1.807, 2.05) is 4.90 Å². The standard InChI is InChI=1S/C15H20F3N3O/c16-15(17,18)11-2-1-3-12(8-11)20-4-6-21(7-5-20)13-9-19-10-14(13)22/h1-3,8,13-14,19,22H,4-7,9-10H2/t13?,14-/m1/s1. The molecule has 3 rings (SSSR count). The van der Waals surface area contributed by atoms with Gasteiger partial charge in [0.25, 0.3) is 0 Å². The van der Waals surface area contributed by atoms with Crippen LogP contribution in [0.1, 0.15) is 5.56 Å². The first-order chi connectivity index (χ1) is 10.4. The average molecular weight is 315 g/mol. The van der Waals surface area contributed by atoms with E-state index in [1.54, 1.807) is 6.07 Å². The molecule has 1 unspecified atom stereocenters. The van der Waals surface area contributed by atoms with Crippen molar-refractivity contribution in [3.63, 3.8) is 0 Å². The van der Waals surface area contributed by atoms with Gasteiger partial charge >= 0.3 is 6.18 Å². The lowest BCUT2D eigenvalue weighted by molar-refractivity contribution is -0.137. The molecule has 0 radical (unpaired) electrons. The molecule has 0 aliphatic carbocycles. The molecule has 2 fully saturated rings. The van der Waals surface area contributed by atoms with Crippen molar-refractivity contribution >= 4 is 5.69 Å². The van der Waals surface area contributed by atoms with E-state index in [0.717, 1.165) is 25.7 Å². The second kappa shape index (κ2) is 6.06. The first-order valence-corrected chi connectivity index (χ1v) is 7.50. The van der Waals surface area contributed by atoms with Crippen molar-refractivity contribution < 1.29 is 18.3 Å². The number of benzene rings is 1. The van der Waals surface area contributed by atoms with Gasteiger partial charge in [-0.2, -0.15) is 13.2 Å². The summed E-state index contributed by atoms with van der Waals surface area (Å²) >= 11 is 0. The summed E-state index contributed by atoms with van der Waals surface area (Å²) in [5.74, 6) is 0. The molecule has 122 valence electrons. The SMILES string of the molecule is O[C@@H]1CNCC1N1CCN(c2cccc(C(F)(F)F)c2)CC1. The molecule has 2 heterocycles. The molecule has 2 aliphatic rings. The van der Waals surface area contributed by atoms with Gasteiger partial charge in [0.15, 0.2) is 0 Å². The first-order valence-electron chi connectivity index (χ1n) is 7.50. The van der Waals surface area contributed by atoms with E-state index in [9.17, 15) is 18.3 Å². The van der Waals surface area contributed by atoms with Gasteiger partial charge in [-0.3, -0.25) is 4.90 Å². The van der Waals surface area contributed by atoms with E-state index in [2.05, 4.69) is 10.2 Å². The number of hydrogen-bond acceptors (Lipinski definition) is 4. The van der Waals surface area contributed by atoms with Crippen molar-refractivity contribution in [3.05, 3.63) is 29.8 Å². The highest BCUT2D eigenvalue weighted by Gasteiger charge is 2.33. The summed E-state index contributed by atoms with van der Waals surface area (Å²) in [6.45, 7) is 4.22. The molecule has 4 nitrogen and oxygen atoms in total. The highest BCUT2D eigenvalue weighted by molar-refractivity contribution is 5.49. The van der Waals surface area contributed by atoms with E-state index >= 15 is 0 Å². The van der Waals surface area contributed by atoms with Crippen LogP contribution < -0.4 is 10.2 Å². The molecule has 0 spiro atoms. The monoisotopic (exact) mass is 315 g/mol. The molecule has 2 atom stereocenters. The summed E-state index contributed by atoms with van der Waals surface area (Å²) in [5.41, 5.74) is 0.00224. The van der Waals surface area contributed by atoms with Gasteiger partial charge < -0.3 is 15.3 Å². The minimum absolute atomic E-state index is 0.114. The van der Waals surface area contributed by atoms with Crippen molar-refractivity contribution in [1.29, 1.82) is 0 Å². The van der Waals surface area contributed by atoms with Crippen LogP contribution in [0.4, 0.5) is 18.9 Å². The van der Waals surface area contributed by atoms with Gasteiger partial charge in [0.05, 0.1) is 11.7 Å². The number of β-amino-alcohol motifs (C(OH)–C–C–N with tert-alkyl or cyclic N) is 1. The van der Waals surface area contributed by atoms with E-state index in [4.69, 9.17) is 0 Å². The lowest BCUT2D eigenvalue weighted by atomic mass is 10.1. The molecule has 2 aliphatic heterocycles. The molecule has 0 saturated carbocycles. The fourth-order valence-corrected chi connectivity index (χ4v) is 3.21. The number of hydrogen-bond donors (Lipinski definition) is 2. The maximum absolute atomic E-state index is 12.8. The maximum Gasteiger partial charge on any atom is 0.416 e. The van der Waals surface area contributed by atoms with Gasteiger partial charge in [0.2, 0.25) is 0 Å². The zero-order chi connectivity index (χ0) is 15.7. The van der Waals surface area contributed by atoms with E-state index < -0.39 is 11.7 Å². The summed E-state index contributed by atoms with van der Waals surface area (Å²) in [4.78, 5) is 4.19. The fourth-order valence-electron chi connectivity index (χ4n) is 3.21. The van der Waals surface area contributed by atoms with E-state index in [1.165, 1.54) is 12.1 Å². The molecule has 2 N–H and O–H groups in total. The van der Waals surface area contributed by atoms with E-state index in [-0.39, 0.29) is 12.1 Å². The quantitative estimate of drug-likeness (QED) is 0.859. The molecule has 0 bridgehead atoms. The number of piperazine rings is 1. The Morgan fingerprint density at radius 1 is 1.09 bits per heavy atom. The number of aliphatic hydroxyl groups is 1. The molecule has 1 aromatic rings. The minimum atomic E-state index is -4.31. The molecule has 1 aromatic carbocycles. The summed E-state index contributed by atoms with van der Waals surface area (Å²) in [6.07, 6.45) is -4.67. The third-order valence-electron chi connectivity index (χ3n) is 4.47. The van der Waals surface area contributed by atoms with Crippen LogP contribution in [-0.2, 0) is 6.18 Å². The van der Waals surface area contributed by atoms with Crippen LogP contribution in [-0.4, -0.2) is 61.4 Å². The Morgan fingerprint density at radius 3 is 2.41 bits per heavy atom. The first kappa shape index (κ1) is 15.6. The number of aliphatic hydroxyl groups excluding tert-OH is 1. The van der Waals surface area contributed by atoms with Crippen molar-refractivity contribution in [2.45, 2.75) is 18.3 Å². The van der Waals surface area contributed by atoms with Crippen LogP contribution in [0.25, 0.3) is 0 Å². The van der Waals surface area contributed by atoms with Crippen molar-refractivity contribution in [1.82, 2.24) is 10.2 Å². The average Bonchev–Trinajstić information content (AvgIpc) is 2.93. The second-order valence-corrected chi connectivity index (χ2v) is 5.86. The number of halogens is 3. The highest BCUT2D eigenvalue weighted by atomic mass is 19.4. The number of anilines is 1. The molecule has 0 amide bonds. The molecular weight excluding hydrogens is 295 g/mol. The summed E-state index contributed by atoms with van der Waals surface area (Å²) in [6, 6.07) is 5.59. The largest absolute Gasteiger partial charge is 0.416 e. The van der Waals surface area contributed by atoms with Gasteiger partial charge in [-0.15, -0.1) is 0 Å². The Balaban J connectivity index is 1.64. The molecule has 0 aromatic heterocycles. The Kier molecular flexibility index (Phi) is 4.29. The van der Waals surface area contributed by atoms with Crippen LogP contribution >= 0.6 is 0 Å². The van der Waals surface area contributed by atoms with Gasteiger partial charge in [0.1, 0.15) is 0 Å². The van der Waals surface area contributed by atoms with Crippen molar-refractivity contribution in [3.8, 4) is 0 Å². The zero-order valence-electron chi connectivity index (χ0n) is 12.2. The number of rotatable bonds is 2. The molecule has 2 saturated heterocycles. The Hall–Kier alpha value is -1.31. The number of nitrogens with one attached hydrogen (secondary N) is 1. The van der Waals surface area contributed by atoms with Gasteiger partial charge in [-0.1, -0.05) is 6.07 Å². The fraction of sp³-hybridized carbons (Fsp3) is 0.600. The van der Waals surface area contributed by atoms with Gasteiger partial charge in [-0.25, -0.2) is 0 Å². The topological polar surface area (TPSA) is 38.7 Å². The Morgan fingerprint density at radius 2 is 1.82 bits per heavy atom. The van der Waals surface area contributed by atoms with E-state index in [0.29, 0.717) is 25.3 Å². The molecule has 22 heavy (non-hydrogen) atoms. The summed E-state index contributed by atoms with van der Waals surface area (Å²) in [5, 5.41) is 13.1. The number of alkyl halides is 3. The van der Waals surface area contributed by atoms with Crippen LogP contribution in [0.3, 0.4) is 0 Å². The van der Waals surface area contributed by atoms with Crippen LogP contribution in [0, 0.1) is 0 Å². The minimum Gasteiger partial charge on any atom is -0.390 e. The zero-order valence-corrected chi connectivity index (χ0v) is 12.2. The predicted molar refractivity (Wildman–Crippen MR) is 77.9 cm³/mol. The van der Waals surface area contributed by atoms with Gasteiger partial charge in [0, 0.05) is 51.0 Å². The third-order valence-corrected chi connectivity index (χ3v) is 4.47. The summed E-state index contributed by atoms with van der Waals surface area (Å²) in [7, 11) is 0. The summed E-state index contributed by atoms with van der Waals surface area (Å²) < 4.78 is 38.3. The van der Waals surface area contributed by atoms with Crippen LogP contribution in [0.2, 0.25) is 0 Å². The predicted octanol–water partition coefficient (Wildman–Crippen LogP) is 1.16. The third kappa shape index (κ3) is 3.21. The Labute approximate surface area is 127 Å². The van der Waals surface area contributed by atoms with Crippen molar-refractivity contribution in [2.24, 2.45) is 0 Å². The second-order valence-electron chi connectivity index (χ2n) is 5.86. The van der Waals surface area contributed by atoms with Gasteiger partial charge in [-0.05, 0) is 18.2 Å². The van der Waals surface area contributed by atoms with Crippen LogP contribution in [0.5, 0.6) is 0 Å². The normalized spacial score (nSPS) is 27.4. The van der Waals surface area contributed by atoms with Crippen LogP contribution in [0.15, 0.2) is 24.3 Å². The van der Waals surface area contributed by atoms with Crippen molar-refractivity contribution in [2.75, 3.05) is 44.2 Å². The Bertz CT molecular complexity index is 515. The molecular formula is C15H20F3N3O. The smallest absolute Gasteiger partial charge is 0.390 e. The molecule has 7 heteroatoms. The lowest BCUT2D eigenvalue weighted by Gasteiger charge is -2.39. The lowest BCUT2D eigenvalue weighted by Crippen LogP contribution is -2.53. The number of nitrogens with zero attached hydrogens (tertiary/aromatic N) is 2. The highest BCUT2D eigenvalue weighted by Crippen LogP contribution is 2.32. The maximum atomic E-state index is 12.8.